The maximum absolute atomic E-state index is 9.63. The van der Waals surface area contributed by atoms with Crippen molar-refractivity contribution in [3.63, 3.8) is 0 Å². The predicted molar refractivity (Wildman–Crippen MR) is 70.4 cm³/mol. The summed E-state index contributed by atoms with van der Waals surface area (Å²) in [6.45, 7) is 0.736. The van der Waals surface area contributed by atoms with Crippen LogP contribution in [0.25, 0.3) is 0 Å². The van der Waals surface area contributed by atoms with Crippen molar-refractivity contribution in [1.29, 1.82) is 0 Å². The van der Waals surface area contributed by atoms with Gasteiger partial charge in [0.15, 0.2) is 0 Å². The Balaban J connectivity index is 1.67. The van der Waals surface area contributed by atoms with E-state index in [-0.39, 0.29) is 6.10 Å². The molecule has 2 aliphatic heterocycles. The Labute approximate surface area is 107 Å². The molecule has 2 unspecified atom stereocenters. The molecule has 0 saturated carbocycles. The zero-order chi connectivity index (χ0) is 11.7. The Morgan fingerprint density at radius 2 is 2.35 bits per heavy atom. The fourth-order valence-corrected chi connectivity index (χ4v) is 4.11. The second-order valence-electron chi connectivity index (χ2n) is 5.19. The smallest absolute Gasteiger partial charge is 0.109 e. The normalized spacial score (nSPS) is 29.0. The SMILES string of the molecule is OC1CCc2nc(CC3CCCCS3)cn2C1. The van der Waals surface area contributed by atoms with Crippen LogP contribution in [0.3, 0.4) is 0 Å². The Morgan fingerprint density at radius 1 is 1.41 bits per heavy atom. The number of imidazole rings is 1. The van der Waals surface area contributed by atoms with Gasteiger partial charge in [0, 0.05) is 30.8 Å². The third kappa shape index (κ3) is 2.68. The molecule has 0 aromatic carbocycles. The van der Waals surface area contributed by atoms with Crippen LogP contribution in [0.4, 0.5) is 0 Å². The number of nitrogens with zero attached hydrogens (tertiary/aromatic N) is 2. The number of thioether (sulfide) groups is 1. The van der Waals surface area contributed by atoms with Crippen molar-refractivity contribution in [3.8, 4) is 0 Å². The van der Waals surface area contributed by atoms with Gasteiger partial charge < -0.3 is 9.67 Å². The van der Waals surface area contributed by atoms with Crippen LogP contribution < -0.4 is 0 Å². The molecule has 1 fully saturated rings. The molecule has 3 rings (SSSR count). The van der Waals surface area contributed by atoms with E-state index in [1.54, 1.807) is 0 Å². The van der Waals surface area contributed by atoms with E-state index in [4.69, 9.17) is 4.98 Å². The quantitative estimate of drug-likeness (QED) is 0.875. The van der Waals surface area contributed by atoms with Crippen molar-refractivity contribution in [1.82, 2.24) is 9.55 Å². The van der Waals surface area contributed by atoms with Crippen molar-refractivity contribution in [2.75, 3.05) is 5.75 Å². The molecule has 0 amide bonds. The van der Waals surface area contributed by atoms with Gasteiger partial charge in [-0.25, -0.2) is 4.98 Å². The van der Waals surface area contributed by atoms with E-state index in [1.165, 1.54) is 36.5 Å². The molecular weight excluding hydrogens is 232 g/mol. The van der Waals surface area contributed by atoms with Crippen LogP contribution in [0, 0.1) is 0 Å². The van der Waals surface area contributed by atoms with Crippen LogP contribution in [0.5, 0.6) is 0 Å². The highest BCUT2D eigenvalue weighted by Gasteiger charge is 2.20. The van der Waals surface area contributed by atoms with Gasteiger partial charge in [0.1, 0.15) is 5.82 Å². The largest absolute Gasteiger partial charge is 0.391 e. The fourth-order valence-electron chi connectivity index (χ4n) is 2.78. The van der Waals surface area contributed by atoms with E-state index in [0.717, 1.165) is 31.1 Å². The predicted octanol–water partition coefficient (Wildman–Crippen LogP) is 2.02. The first-order valence-corrected chi connectivity index (χ1v) is 7.71. The van der Waals surface area contributed by atoms with E-state index in [0.29, 0.717) is 0 Å². The molecule has 0 radical (unpaired) electrons. The van der Waals surface area contributed by atoms with Crippen molar-refractivity contribution >= 4 is 11.8 Å². The lowest BCUT2D eigenvalue weighted by molar-refractivity contribution is 0.130. The molecule has 1 saturated heterocycles. The van der Waals surface area contributed by atoms with Crippen LogP contribution in [0.15, 0.2) is 6.20 Å². The summed E-state index contributed by atoms with van der Waals surface area (Å²) in [4.78, 5) is 4.72. The van der Waals surface area contributed by atoms with Gasteiger partial charge in [0.05, 0.1) is 11.8 Å². The molecule has 17 heavy (non-hydrogen) atoms. The number of fused-ring (bicyclic) bond motifs is 1. The minimum absolute atomic E-state index is 0.173. The lowest BCUT2D eigenvalue weighted by Gasteiger charge is -2.19. The molecule has 3 nitrogen and oxygen atoms in total. The number of rotatable bonds is 2. The Bertz CT molecular complexity index is 385. The number of aryl methyl sites for hydroxylation is 1. The van der Waals surface area contributed by atoms with Crippen LogP contribution in [0.2, 0.25) is 0 Å². The number of hydrogen-bond donors (Lipinski definition) is 1. The molecule has 1 aromatic heterocycles. The number of aliphatic hydroxyl groups is 1. The fraction of sp³-hybridized carbons (Fsp3) is 0.769. The average Bonchev–Trinajstić information content (AvgIpc) is 2.71. The zero-order valence-corrected chi connectivity index (χ0v) is 11.0. The summed E-state index contributed by atoms with van der Waals surface area (Å²) < 4.78 is 2.15. The summed E-state index contributed by atoms with van der Waals surface area (Å²) in [5.74, 6) is 2.49. The van der Waals surface area contributed by atoms with Gasteiger partial charge in [0.2, 0.25) is 0 Å². The van der Waals surface area contributed by atoms with Crippen LogP contribution in [-0.2, 0) is 19.4 Å². The Morgan fingerprint density at radius 3 is 3.18 bits per heavy atom. The second kappa shape index (κ2) is 5.02. The van der Waals surface area contributed by atoms with Crippen molar-refractivity contribution in [2.45, 2.75) is 56.4 Å². The molecule has 2 aliphatic rings. The Hall–Kier alpha value is -0.480. The summed E-state index contributed by atoms with van der Waals surface area (Å²) >= 11 is 2.11. The third-order valence-electron chi connectivity index (χ3n) is 3.73. The molecule has 0 aliphatic carbocycles. The highest BCUT2D eigenvalue weighted by atomic mass is 32.2. The van der Waals surface area contributed by atoms with E-state index in [1.807, 2.05) is 0 Å². The van der Waals surface area contributed by atoms with Crippen LogP contribution in [0.1, 0.15) is 37.2 Å². The zero-order valence-electron chi connectivity index (χ0n) is 10.1. The van der Waals surface area contributed by atoms with Crippen molar-refractivity contribution < 1.29 is 5.11 Å². The van der Waals surface area contributed by atoms with Gasteiger partial charge in [-0.2, -0.15) is 11.8 Å². The molecule has 1 N–H and O–H groups in total. The van der Waals surface area contributed by atoms with Crippen molar-refractivity contribution in [3.05, 3.63) is 17.7 Å². The number of aromatic nitrogens is 2. The highest BCUT2D eigenvalue weighted by molar-refractivity contribution is 7.99. The number of aliphatic hydroxyl groups excluding tert-OH is 1. The maximum atomic E-state index is 9.63. The molecule has 1 aromatic rings. The summed E-state index contributed by atoms with van der Waals surface area (Å²) in [5, 5.41) is 10.4. The van der Waals surface area contributed by atoms with Gasteiger partial charge in [-0.1, -0.05) is 6.42 Å². The molecule has 4 heteroatoms. The summed E-state index contributed by atoms with van der Waals surface area (Å²) in [6.07, 6.45) is 9.00. The Kier molecular flexibility index (Phi) is 3.43. The highest BCUT2D eigenvalue weighted by Crippen LogP contribution is 2.28. The lowest BCUT2D eigenvalue weighted by Crippen LogP contribution is -2.23. The molecule has 2 atom stereocenters. The monoisotopic (exact) mass is 252 g/mol. The molecule has 0 spiro atoms. The van der Waals surface area contributed by atoms with E-state index >= 15 is 0 Å². The van der Waals surface area contributed by atoms with Crippen LogP contribution in [-0.4, -0.2) is 31.8 Å². The molecule has 94 valence electrons. The third-order valence-corrected chi connectivity index (χ3v) is 5.13. The van der Waals surface area contributed by atoms with Gasteiger partial charge in [-0.15, -0.1) is 0 Å². The van der Waals surface area contributed by atoms with E-state index in [9.17, 15) is 5.11 Å². The van der Waals surface area contributed by atoms with Gasteiger partial charge in [0.25, 0.3) is 0 Å². The summed E-state index contributed by atoms with van der Waals surface area (Å²) in [6, 6.07) is 0. The van der Waals surface area contributed by atoms with Crippen molar-refractivity contribution in [2.24, 2.45) is 0 Å². The number of hydrogen-bond acceptors (Lipinski definition) is 3. The van der Waals surface area contributed by atoms with E-state index in [2.05, 4.69) is 22.5 Å². The van der Waals surface area contributed by atoms with E-state index < -0.39 is 0 Å². The summed E-state index contributed by atoms with van der Waals surface area (Å²) in [7, 11) is 0. The second-order valence-corrected chi connectivity index (χ2v) is 6.59. The first-order chi connectivity index (χ1) is 8.31. The lowest BCUT2D eigenvalue weighted by atomic mass is 10.1. The molecular formula is C13H20N2OS. The van der Waals surface area contributed by atoms with Gasteiger partial charge in [-0.3, -0.25) is 0 Å². The van der Waals surface area contributed by atoms with Gasteiger partial charge in [-0.05, 0) is 25.0 Å². The molecule has 0 bridgehead atoms. The summed E-state index contributed by atoms with van der Waals surface area (Å²) in [5.41, 5.74) is 1.23. The molecule has 3 heterocycles. The first-order valence-electron chi connectivity index (χ1n) is 6.66. The maximum Gasteiger partial charge on any atom is 0.109 e. The average molecular weight is 252 g/mol. The standard InChI is InChI=1S/C13H20N2OS/c16-11-4-5-13-14-10(8-15(13)9-11)7-12-3-1-2-6-17-12/h8,11-12,16H,1-7,9H2. The minimum Gasteiger partial charge on any atom is -0.391 e. The topological polar surface area (TPSA) is 38.1 Å². The van der Waals surface area contributed by atoms with Gasteiger partial charge >= 0.3 is 0 Å². The first kappa shape index (κ1) is 11.6. The minimum atomic E-state index is -0.173. The van der Waals surface area contributed by atoms with Crippen LogP contribution >= 0.6 is 11.8 Å².